The number of benzene rings is 2. The van der Waals surface area contributed by atoms with Crippen LogP contribution >= 0.6 is 0 Å². The molecule has 0 aliphatic rings. The number of pyridine rings is 1. The van der Waals surface area contributed by atoms with E-state index in [1.807, 2.05) is 56.3 Å². The maximum Gasteiger partial charge on any atom is 0.297 e. The van der Waals surface area contributed by atoms with Gasteiger partial charge in [-0.25, -0.2) is 0 Å². The molecule has 190 valence electrons. The molecule has 6 nitrogen and oxygen atoms in total. The van der Waals surface area contributed by atoms with E-state index in [1.165, 1.54) is 6.08 Å². The van der Waals surface area contributed by atoms with Crippen LogP contribution in [0.1, 0.15) is 52.0 Å². The van der Waals surface area contributed by atoms with E-state index in [2.05, 4.69) is 12.2 Å². The van der Waals surface area contributed by atoms with Crippen LogP contribution in [0, 0.1) is 0 Å². The second-order valence-electron chi connectivity index (χ2n) is 8.99. The number of carbonyl (C=O) groups is 1. The lowest BCUT2D eigenvalue weighted by Gasteiger charge is -2.17. The Balaban J connectivity index is 1.90. The topological polar surface area (TPSA) is 69.6 Å². The molecule has 0 fully saturated rings. The first kappa shape index (κ1) is 26.8. The number of hydrogen-bond acceptors (Lipinski definition) is 4. The number of fused-ring (bicyclic) bond motifs is 1. The summed E-state index contributed by atoms with van der Waals surface area (Å²) in [4.78, 5) is 25.7. The molecule has 0 atom stereocenters. The number of ether oxygens (including phenoxy) is 2. The van der Waals surface area contributed by atoms with Crippen LogP contribution in [0.4, 0.5) is 5.69 Å². The number of unbranched alkanes of at least 4 members (excludes halogenated alkanes) is 3. The number of amides is 1. The maximum absolute atomic E-state index is 13.3. The predicted octanol–water partition coefficient (Wildman–Crippen LogP) is 6.49. The molecule has 0 bridgehead atoms. The smallest absolute Gasteiger partial charge is 0.297 e. The average Bonchev–Trinajstić information content (AvgIpc) is 2.87. The van der Waals surface area contributed by atoms with E-state index in [-0.39, 0.29) is 17.2 Å². The first-order valence-corrected chi connectivity index (χ1v) is 12.5. The average molecular weight is 489 g/mol. The molecule has 2 aromatic carbocycles. The van der Waals surface area contributed by atoms with Gasteiger partial charge in [0.15, 0.2) is 5.75 Å². The van der Waals surface area contributed by atoms with E-state index in [0.29, 0.717) is 30.2 Å². The molecular formula is C30H36N2O4. The number of allylic oxidation sites excluding steroid dienone is 1. The summed E-state index contributed by atoms with van der Waals surface area (Å²) in [5.74, 6) is 0.407. The van der Waals surface area contributed by atoms with Gasteiger partial charge in [0.05, 0.1) is 12.1 Å². The maximum atomic E-state index is 13.3. The molecule has 0 spiro atoms. The van der Waals surface area contributed by atoms with Gasteiger partial charge in [-0.3, -0.25) is 9.59 Å². The van der Waals surface area contributed by atoms with Gasteiger partial charge in [0.2, 0.25) is 11.7 Å². The lowest BCUT2D eigenvalue weighted by Crippen LogP contribution is -2.22. The van der Waals surface area contributed by atoms with Gasteiger partial charge in [-0.2, -0.15) is 0 Å². The third-order valence-corrected chi connectivity index (χ3v) is 5.77. The summed E-state index contributed by atoms with van der Waals surface area (Å²) in [6.45, 7) is 6.95. The van der Waals surface area contributed by atoms with Crippen molar-refractivity contribution in [2.24, 2.45) is 7.05 Å². The van der Waals surface area contributed by atoms with Crippen LogP contribution in [0.3, 0.4) is 0 Å². The van der Waals surface area contributed by atoms with Crippen molar-refractivity contribution in [1.82, 2.24) is 4.57 Å². The highest BCUT2D eigenvalue weighted by Crippen LogP contribution is 2.34. The third-order valence-electron chi connectivity index (χ3n) is 5.77. The third kappa shape index (κ3) is 7.35. The number of aromatic nitrogens is 1. The number of nitrogens with zero attached hydrogens (tertiary/aromatic N) is 1. The second kappa shape index (κ2) is 13.3. The fraction of sp³-hybridized carbons (Fsp3) is 0.333. The number of nitrogens with one attached hydrogen (secondary N) is 1. The molecule has 1 N–H and O–H groups in total. The summed E-state index contributed by atoms with van der Waals surface area (Å²) in [5, 5.41) is 3.62. The van der Waals surface area contributed by atoms with E-state index in [0.717, 1.165) is 42.2 Å². The van der Waals surface area contributed by atoms with Crippen LogP contribution in [0.15, 0.2) is 71.1 Å². The van der Waals surface area contributed by atoms with Gasteiger partial charge >= 0.3 is 0 Å². The van der Waals surface area contributed by atoms with E-state index in [4.69, 9.17) is 9.47 Å². The van der Waals surface area contributed by atoms with Crippen molar-refractivity contribution in [3.8, 4) is 11.5 Å². The van der Waals surface area contributed by atoms with Crippen LogP contribution < -0.4 is 20.3 Å². The van der Waals surface area contributed by atoms with Crippen LogP contribution in [0.5, 0.6) is 11.5 Å². The highest BCUT2D eigenvalue weighted by Gasteiger charge is 2.19. The number of aryl methyl sites for hydroxylation is 1. The molecule has 0 radical (unpaired) electrons. The fourth-order valence-corrected chi connectivity index (χ4v) is 3.75. The monoisotopic (exact) mass is 488 g/mol. The second-order valence-corrected chi connectivity index (χ2v) is 8.99. The minimum atomic E-state index is -0.266. The Morgan fingerprint density at radius 1 is 1.00 bits per heavy atom. The van der Waals surface area contributed by atoms with Gasteiger partial charge in [0.25, 0.3) is 5.56 Å². The molecule has 1 heterocycles. The van der Waals surface area contributed by atoms with Crippen molar-refractivity contribution in [1.29, 1.82) is 0 Å². The summed E-state index contributed by atoms with van der Waals surface area (Å²) >= 11 is 0. The summed E-state index contributed by atoms with van der Waals surface area (Å²) in [7, 11) is 1.70. The zero-order chi connectivity index (χ0) is 25.9. The predicted molar refractivity (Wildman–Crippen MR) is 148 cm³/mol. The number of carbonyl (C=O) groups excluding carboxylic acids is 1. The molecule has 0 aliphatic carbocycles. The highest BCUT2D eigenvalue weighted by molar-refractivity contribution is 6.03. The van der Waals surface area contributed by atoms with Gasteiger partial charge in [-0.1, -0.05) is 62.1 Å². The normalized spacial score (nSPS) is 11.0. The molecule has 0 saturated carbocycles. The van der Waals surface area contributed by atoms with Crippen LogP contribution in [0.25, 0.3) is 17.0 Å². The molecule has 1 amide bonds. The lowest BCUT2D eigenvalue weighted by atomic mass is 10.1. The van der Waals surface area contributed by atoms with Crippen molar-refractivity contribution >= 4 is 28.6 Å². The first-order chi connectivity index (χ1) is 17.4. The minimum absolute atomic E-state index is 0.228. The van der Waals surface area contributed by atoms with Crippen molar-refractivity contribution in [2.75, 3.05) is 18.5 Å². The summed E-state index contributed by atoms with van der Waals surface area (Å²) in [5.41, 5.74) is 3.03. The molecule has 3 aromatic rings. The van der Waals surface area contributed by atoms with E-state index in [9.17, 15) is 9.59 Å². The summed E-state index contributed by atoms with van der Waals surface area (Å²) in [6.07, 6.45) is 9.41. The van der Waals surface area contributed by atoms with Gasteiger partial charge in [-0.15, -0.1) is 0 Å². The zero-order valence-corrected chi connectivity index (χ0v) is 21.7. The van der Waals surface area contributed by atoms with Gasteiger partial charge < -0.3 is 19.4 Å². The number of anilines is 1. The summed E-state index contributed by atoms with van der Waals surface area (Å²) in [6, 6.07) is 15.1. The van der Waals surface area contributed by atoms with Crippen molar-refractivity contribution < 1.29 is 14.3 Å². The highest BCUT2D eigenvalue weighted by atomic mass is 16.5. The zero-order valence-electron chi connectivity index (χ0n) is 21.7. The molecule has 36 heavy (non-hydrogen) atoms. The van der Waals surface area contributed by atoms with Gasteiger partial charge in [0.1, 0.15) is 6.61 Å². The molecule has 3 rings (SSSR count). The van der Waals surface area contributed by atoms with Gasteiger partial charge in [0, 0.05) is 24.2 Å². The standard InChI is InChI=1S/C30H36N2O4/c1-5-6-7-11-19-35-29-28(36-20-18-22(2)3)25-16-15-24(21-26(25)32(4)30(29)34)31-27(33)17-14-23-12-9-8-10-13-23/h8-10,12-18,21H,5-7,11,19-20H2,1-4H3,(H,31,33)/b17-14+. The molecule has 0 saturated heterocycles. The molecule has 6 heteroatoms. The molecule has 0 aliphatic heterocycles. The van der Waals surface area contributed by atoms with E-state index >= 15 is 0 Å². The quantitative estimate of drug-likeness (QED) is 0.180. The lowest BCUT2D eigenvalue weighted by molar-refractivity contribution is -0.111. The first-order valence-electron chi connectivity index (χ1n) is 12.5. The molecule has 0 unspecified atom stereocenters. The SMILES string of the molecule is CCCCCCOc1c(OCC=C(C)C)c2ccc(NC(=O)/C=C/c3ccccc3)cc2n(C)c1=O. The van der Waals surface area contributed by atoms with E-state index < -0.39 is 0 Å². The Bertz CT molecular complexity index is 1290. The Kier molecular flexibility index (Phi) is 9.92. The Morgan fingerprint density at radius 3 is 2.50 bits per heavy atom. The van der Waals surface area contributed by atoms with Crippen LogP contribution in [-0.2, 0) is 11.8 Å². The molecular weight excluding hydrogens is 452 g/mol. The Labute approximate surface area is 213 Å². The van der Waals surface area contributed by atoms with Gasteiger partial charge in [-0.05, 0) is 56.2 Å². The summed E-state index contributed by atoms with van der Waals surface area (Å²) < 4.78 is 13.6. The van der Waals surface area contributed by atoms with Crippen molar-refractivity contribution in [2.45, 2.75) is 46.5 Å². The molecule has 1 aromatic heterocycles. The van der Waals surface area contributed by atoms with Crippen LogP contribution in [0.2, 0.25) is 0 Å². The number of rotatable bonds is 12. The van der Waals surface area contributed by atoms with E-state index in [1.54, 1.807) is 29.8 Å². The fourth-order valence-electron chi connectivity index (χ4n) is 3.75. The van der Waals surface area contributed by atoms with Crippen molar-refractivity contribution in [3.05, 3.63) is 82.2 Å². The Hall–Kier alpha value is -3.80. The number of hydrogen-bond donors (Lipinski definition) is 1. The Morgan fingerprint density at radius 2 is 1.78 bits per heavy atom. The van der Waals surface area contributed by atoms with Crippen molar-refractivity contribution in [3.63, 3.8) is 0 Å². The van der Waals surface area contributed by atoms with Crippen LogP contribution in [-0.4, -0.2) is 23.7 Å². The largest absolute Gasteiger partial charge is 0.485 e. The minimum Gasteiger partial charge on any atom is -0.485 e.